The van der Waals surface area contributed by atoms with Crippen molar-refractivity contribution in [3.05, 3.63) is 182 Å². The minimum atomic E-state index is 0.647. The van der Waals surface area contributed by atoms with Crippen LogP contribution in [-0.4, -0.2) is 19.5 Å². The average Bonchev–Trinajstić information content (AvgIpc) is 3.99. The second kappa shape index (κ2) is 12.6. The summed E-state index contributed by atoms with van der Waals surface area (Å²) in [5.41, 5.74) is 6.33. The number of aromatic nitrogens is 4. The molecule has 4 aromatic heterocycles. The molecule has 0 spiro atoms. The first kappa shape index (κ1) is 32.8. The van der Waals surface area contributed by atoms with Gasteiger partial charge >= 0.3 is 0 Å². The van der Waals surface area contributed by atoms with E-state index in [0.29, 0.717) is 17.5 Å². The zero-order valence-corrected chi connectivity index (χ0v) is 33.1. The van der Waals surface area contributed by atoms with Crippen molar-refractivity contribution in [2.75, 3.05) is 0 Å². The Hall–Kier alpha value is -7.25. The van der Waals surface area contributed by atoms with E-state index < -0.39 is 0 Å². The number of fused-ring (bicyclic) bond motifs is 13. The number of thiophene rings is 2. The maximum Gasteiger partial charge on any atom is 0.164 e. The molecule has 0 aliphatic carbocycles. The third-order valence-electron chi connectivity index (χ3n) is 11.8. The van der Waals surface area contributed by atoms with Gasteiger partial charge in [0.15, 0.2) is 17.5 Å². The molecular weight excluding hydrogens is 757 g/mol. The maximum atomic E-state index is 5.56. The van der Waals surface area contributed by atoms with Gasteiger partial charge in [0.05, 0.1) is 11.0 Å². The summed E-state index contributed by atoms with van der Waals surface area (Å²) >= 11 is 3.68. The van der Waals surface area contributed by atoms with E-state index in [1.165, 1.54) is 51.1 Å². The van der Waals surface area contributed by atoms with Gasteiger partial charge in [-0.05, 0) is 70.1 Å². The Kier molecular flexibility index (Phi) is 7.02. The van der Waals surface area contributed by atoms with Gasteiger partial charge in [0.1, 0.15) is 0 Å². The van der Waals surface area contributed by atoms with Gasteiger partial charge < -0.3 is 4.57 Å². The monoisotopic (exact) mass is 786 g/mol. The molecule has 0 saturated heterocycles. The van der Waals surface area contributed by atoms with Crippen molar-refractivity contribution in [3.8, 4) is 39.9 Å². The second-order valence-electron chi connectivity index (χ2n) is 15.1. The zero-order valence-electron chi connectivity index (χ0n) is 31.4. The molecule has 0 bridgehead atoms. The van der Waals surface area contributed by atoms with Crippen LogP contribution in [-0.2, 0) is 0 Å². The molecule has 0 unspecified atom stereocenters. The van der Waals surface area contributed by atoms with Crippen LogP contribution in [0.15, 0.2) is 182 Å². The summed E-state index contributed by atoms with van der Waals surface area (Å²) in [6, 6.07) is 65.2. The zero-order chi connectivity index (χ0) is 38.6. The van der Waals surface area contributed by atoms with Gasteiger partial charge in [-0.3, -0.25) is 0 Å². The first-order valence-corrected chi connectivity index (χ1v) is 21.4. The smallest absolute Gasteiger partial charge is 0.164 e. The number of hydrogen-bond donors (Lipinski definition) is 0. The third kappa shape index (κ3) is 4.85. The van der Waals surface area contributed by atoms with Gasteiger partial charge in [0.2, 0.25) is 0 Å². The lowest BCUT2D eigenvalue weighted by Gasteiger charge is -2.13. The van der Waals surface area contributed by atoms with Gasteiger partial charge in [0, 0.05) is 73.5 Å². The van der Waals surface area contributed by atoms with Crippen LogP contribution < -0.4 is 0 Å². The molecule has 9 aromatic carbocycles. The molecule has 59 heavy (non-hydrogen) atoms. The molecule has 6 heteroatoms. The highest BCUT2D eigenvalue weighted by atomic mass is 32.1. The van der Waals surface area contributed by atoms with Crippen LogP contribution in [0.2, 0.25) is 0 Å². The summed E-state index contributed by atoms with van der Waals surface area (Å²) in [7, 11) is 0. The van der Waals surface area contributed by atoms with Crippen LogP contribution in [0.25, 0.3) is 124 Å². The van der Waals surface area contributed by atoms with E-state index in [9.17, 15) is 0 Å². The Labute approximate surface area is 345 Å². The van der Waals surface area contributed by atoms with Gasteiger partial charge in [-0.2, -0.15) is 0 Å². The predicted octanol–water partition coefficient (Wildman–Crippen LogP) is 15.0. The Balaban J connectivity index is 1.19. The predicted molar refractivity (Wildman–Crippen MR) is 251 cm³/mol. The summed E-state index contributed by atoms with van der Waals surface area (Å²) < 4.78 is 7.33. The van der Waals surface area contributed by atoms with E-state index in [1.807, 2.05) is 22.7 Å². The summed E-state index contributed by atoms with van der Waals surface area (Å²) in [4.78, 5) is 16.7. The van der Waals surface area contributed by atoms with Crippen molar-refractivity contribution in [1.29, 1.82) is 0 Å². The summed E-state index contributed by atoms with van der Waals surface area (Å²) in [5.74, 6) is 1.97. The van der Waals surface area contributed by atoms with E-state index in [2.05, 4.69) is 187 Å². The highest BCUT2D eigenvalue weighted by Gasteiger charge is 2.24. The first-order valence-electron chi connectivity index (χ1n) is 19.8. The quantitative estimate of drug-likeness (QED) is 0.178. The molecule has 13 aromatic rings. The Morgan fingerprint density at radius 2 is 0.797 bits per heavy atom. The second-order valence-corrected chi connectivity index (χ2v) is 17.2. The van der Waals surface area contributed by atoms with E-state index in [0.717, 1.165) is 55.0 Å². The van der Waals surface area contributed by atoms with Crippen molar-refractivity contribution in [3.63, 3.8) is 0 Å². The highest BCUT2D eigenvalue weighted by Crippen LogP contribution is 2.47. The topological polar surface area (TPSA) is 43.6 Å². The number of para-hydroxylation sites is 2. The molecule has 0 aliphatic heterocycles. The SMILES string of the molecule is c1ccc(-n2c3ccccc3c3c(-c4nc(-c5cc6ccccc6c6sc7ccccc7c56)nc(-c5cc6ccccc6c6sc7ccccc7c56)n4)cccc32)cc1. The molecule has 0 atom stereocenters. The number of hydrogen-bond acceptors (Lipinski definition) is 5. The lowest BCUT2D eigenvalue weighted by atomic mass is 9.98. The van der Waals surface area contributed by atoms with E-state index in [1.54, 1.807) is 0 Å². The molecule has 4 heterocycles. The molecule has 4 nitrogen and oxygen atoms in total. The molecule has 274 valence electrons. The summed E-state index contributed by atoms with van der Waals surface area (Å²) in [6.07, 6.45) is 0. The summed E-state index contributed by atoms with van der Waals surface area (Å²) in [5, 5.41) is 11.8. The Bertz CT molecular complexity index is 3690. The summed E-state index contributed by atoms with van der Waals surface area (Å²) in [6.45, 7) is 0. The van der Waals surface area contributed by atoms with Crippen molar-refractivity contribution in [2.45, 2.75) is 0 Å². The van der Waals surface area contributed by atoms with Crippen molar-refractivity contribution in [2.24, 2.45) is 0 Å². The fourth-order valence-electron chi connectivity index (χ4n) is 9.27. The molecule has 13 rings (SSSR count). The lowest BCUT2D eigenvalue weighted by molar-refractivity contribution is 1.08. The Morgan fingerprint density at radius 3 is 1.39 bits per heavy atom. The minimum Gasteiger partial charge on any atom is -0.309 e. The van der Waals surface area contributed by atoms with Crippen LogP contribution in [0.1, 0.15) is 0 Å². The number of benzene rings is 9. The fraction of sp³-hybridized carbons (Fsp3) is 0. The van der Waals surface area contributed by atoms with E-state index in [4.69, 9.17) is 15.0 Å². The van der Waals surface area contributed by atoms with Crippen LogP contribution in [0.5, 0.6) is 0 Å². The van der Waals surface area contributed by atoms with Crippen LogP contribution in [0.3, 0.4) is 0 Å². The molecule has 0 amide bonds. The van der Waals surface area contributed by atoms with Crippen molar-refractivity contribution < 1.29 is 0 Å². The van der Waals surface area contributed by atoms with E-state index in [-0.39, 0.29) is 0 Å². The van der Waals surface area contributed by atoms with Gasteiger partial charge in [-0.15, -0.1) is 22.7 Å². The fourth-order valence-corrected chi connectivity index (χ4v) is 11.8. The van der Waals surface area contributed by atoms with Crippen LogP contribution >= 0.6 is 22.7 Å². The Morgan fingerprint density at radius 1 is 0.339 bits per heavy atom. The molecule has 0 N–H and O–H groups in total. The molecule has 0 radical (unpaired) electrons. The van der Waals surface area contributed by atoms with Crippen molar-refractivity contribution in [1.82, 2.24) is 19.5 Å². The van der Waals surface area contributed by atoms with Crippen LogP contribution in [0, 0.1) is 0 Å². The van der Waals surface area contributed by atoms with Gasteiger partial charge in [-0.25, -0.2) is 15.0 Å². The molecule has 0 fully saturated rings. The normalized spacial score (nSPS) is 12.1. The van der Waals surface area contributed by atoms with Crippen molar-refractivity contribution >= 4 is 106 Å². The first-order chi connectivity index (χ1) is 29.3. The van der Waals surface area contributed by atoms with Crippen LogP contribution in [0.4, 0.5) is 0 Å². The standard InChI is InChI=1S/C53H30N4S2/c1-2-17-33(18-3-1)57-42-25-11-8-21-36(42)46-39(24-14-26-43(46)57)51-54-52(40-29-31-15-4-6-19-34(31)49-47(40)37-22-9-12-27-44(37)58-49)56-53(55-51)41-30-32-16-5-7-20-35(32)50-48(41)38-23-10-13-28-45(38)59-50/h1-30H. The average molecular weight is 787 g/mol. The largest absolute Gasteiger partial charge is 0.309 e. The number of nitrogens with zero attached hydrogens (tertiary/aromatic N) is 4. The molecule has 0 aliphatic rings. The lowest BCUT2D eigenvalue weighted by Crippen LogP contribution is -2.01. The van der Waals surface area contributed by atoms with Gasteiger partial charge in [-0.1, -0.05) is 133 Å². The number of rotatable bonds is 4. The third-order valence-corrected chi connectivity index (χ3v) is 14.2. The maximum absolute atomic E-state index is 5.56. The molecule has 0 saturated carbocycles. The molecular formula is C53H30N4S2. The van der Waals surface area contributed by atoms with Gasteiger partial charge in [0.25, 0.3) is 0 Å². The minimum absolute atomic E-state index is 0.647. The highest BCUT2D eigenvalue weighted by molar-refractivity contribution is 7.27. The van der Waals surface area contributed by atoms with E-state index >= 15 is 0 Å².